The monoisotopic (exact) mass is 270 g/mol. The summed E-state index contributed by atoms with van der Waals surface area (Å²) in [5, 5.41) is 1.93. The second-order valence-corrected chi connectivity index (χ2v) is 4.93. The van der Waals surface area contributed by atoms with Crippen LogP contribution in [0.25, 0.3) is 0 Å². The van der Waals surface area contributed by atoms with Crippen LogP contribution < -0.4 is 5.73 Å². The summed E-state index contributed by atoms with van der Waals surface area (Å²) in [7, 11) is 0. The number of rotatable bonds is 2. The molecule has 82 valence electrons. The highest BCUT2D eigenvalue weighted by molar-refractivity contribution is 7.99. The van der Waals surface area contributed by atoms with E-state index in [0.29, 0.717) is 15.7 Å². The Morgan fingerprint density at radius 2 is 1.81 bits per heavy atom. The van der Waals surface area contributed by atoms with Gasteiger partial charge in [0.05, 0.1) is 14.9 Å². The van der Waals surface area contributed by atoms with Crippen LogP contribution in [0.15, 0.2) is 46.5 Å². The molecular weight excluding hydrogens is 263 g/mol. The van der Waals surface area contributed by atoms with Crippen molar-refractivity contribution < 1.29 is 0 Å². The Bertz CT molecular complexity index is 480. The minimum Gasteiger partial charge on any atom is -0.399 e. The molecule has 2 aromatic rings. The Labute approximate surface area is 108 Å². The second kappa shape index (κ2) is 4.95. The fourth-order valence-corrected chi connectivity index (χ4v) is 2.71. The lowest BCUT2D eigenvalue weighted by atomic mass is 10.3. The van der Waals surface area contributed by atoms with Crippen LogP contribution >= 0.6 is 35.0 Å². The standard InChI is InChI=1S/C11H8Cl2N2S/c12-8-5-7(14)6-9(13)11(8)16-10-3-1-2-4-15-10/h1-6H,14H2. The third-order valence-corrected chi connectivity index (χ3v) is 3.78. The molecule has 0 radical (unpaired) electrons. The van der Waals surface area contributed by atoms with Gasteiger partial charge in [0.15, 0.2) is 0 Å². The van der Waals surface area contributed by atoms with E-state index < -0.39 is 0 Å². The molecule has 0 spiro atoms. The van der Waals surface area contributed by atoms with Crippen molar-refractivity contribution in [1.29, 1.82) is 0 Å². The number of hydrogen-bond donors (Lipinski definition) is 1. The molecule has 0 aliphatic rings. The lowest BCUT2D eigenvalue weighted by molar-refractivity contribution is 1.13. The summed E-state index contributed by atoms with van der Waals surface area (Å²) in [6.07, 6.45) is 1.72. The molecule has 0 saturated heterocycles. The van der Waals surface area contributed by atoms with Crippen LogP contribution in [0.4, 0.5) is 5.69 Å². The van der Waals surface area contributed by atoms with E-state index in [1.54, 1.807) is 18.3 Å². The molecule has 1 aromatic heterocycles. The SMILES string of the molecule is Nc1cc(Cl)c(Sc2ccccn2)c(Cl)c1. The van der Waals surface area contributed by atoms with Crippen LogP contribution in [0.1, 0.15) is 0 Å². The zero-order valence-electron chi connectivity index (χ0n) is 8.15. The summed E-state index contributed by atoms with van der Waals surface area (Å²) in [4.78, 5) is 4.97. The molecule has 0 amide bonds. The summed E-state index contributed by atoms with van der Waals surface area (Å²) in [6.45, 7) is 0. The summed E-state index contributed by atoms with van der Waals surface area (Å²) in [6, 6.07) is 9.02. The number of halogens is 2. The summed E-state index contributed by atoms with van der Waals surface area (Å²) in [5.41, 5.74) is 6.18. The maximum Gasteiger partial charge on any atom is 0.101 e. The van der Waals surface area contributed by atoms with E-state index in [1.165, 1.54) is 11.8 Å². The number of hydrogen-bond acceptors (Lipinski definition) is 3. The number of benzene rings is 1. The van der Waals surface area contributed by atoms with Crippen molar-refractivity contribution in [3.8, 4) is 0 Å². The van der Waals surface area contributed by atoms with Crippen molar-refractivity contribution in [3.05, 3.63) is 46.6 Å². The molecule has 2 N–H and O–H groups in total. The molecule has 16 heavy (non-hydrogen) atoms. The number of anilines is 1. The summed E-state index contributed by atoms with van der Waals surface area (Å²) >= 11 is 13.6. The van der Waals surface area contributed by atoms with Crippen LogP contribution in [0.2, 0.25) is 10.0 Å². The highest BCUT2D eigenvalue weighted by Crippen LogP contribution is 2.39. The smallest absolute Gasteiger partial charge is 0.101 e. The van der Waals surface area contributed by atoms with Crippen LogP contribution in [-0.4, -0.2) is 4.98 Å². The van der Waals surface area contributed by atoms with Crippen LogP contribution in [0.3, 0.4) is 0 Å². The van der Waals surface area contributed by atoms with E-state index >= 15 is 0 Å². The highest BCUT2D eigenvalue weighted by atomic mass is 35.5. The molecule has 5 heteroatoms. The number of aromatic nitrogens is 1. The van der Waals surface area contributed by atoms with E-state index in [-0.39, 0.29) is 0 Å². The van der Waals surface area contributed by atoms with E-state index in [0.717, 1.165) is 9.92 Å². The van der Waals surface area contributed by atoms with Crippen molar-refractivity contribution >= 4 is 40.7 Å². The molecule has 2 nitrogen and oxygen atoms in total. The molecule has 0 atom stereocenters. The molecule has 0 aliphatic heterocycles. The second-order valence-electron chi connectivity index (χ2n) is 3.08. The van der Waals surface area contributed by atoms with Gasteiger partial charge in [-0.15, -0.1) is 0 Å². The van der Waals surface area contributed by atoms with Gasteiger partial charge in [-0.25, -0.2) is 4.98 Å². The number of pyridine rings is 1. The van der Waals surface area contributed by atoms with Crippen molar-refractivity contribution in [1.82, 2.24) is 4.98 Å². The van der Waals surface area contributed by atoms with Crippen molar-refractivity contribution in [3.63, 3.8) is 0 Å². The topological polar surface area (TPSA) is 38.9 Å². The third-order valence-electron chi connectivity index (χ3n) is 1.86. The van der Waals surface area contributed by atoms with E-state index in [2.05, 4.69) is 4.98 Å². The van der Waals surface area contributed by atoms with Gasteiger partial charge in [-0.3, -0.25) is 0 Å². The van der Waals surface area contributed by atoms with Gasteiger partial charge in [-0.05, 0) is 24.3 Å². The van der Waals surface area contributed by atoms with Gasteiger partial charge in [-0.1, -0.05) is 41.0 Å². The molecule has 0 saturated carbocycles. The first kappa shape index (κ1) is 11.6. The average molecular weight is 271 g/mol. The van der Waals surface area contributed by atoms with Gasteiger partial charge < -0.3 is 5.73 Å². The van der Waals surface area contributed by atoms with Crippen LogP contribution in [-0.2, 0) is 0 Å². The minimum absolute atomic E-state index is 0.542. The van der Waals surface area contributed by atoms with E-state index in [1.807, 2.05) is 18.2 Å². The first-order valence-corrected chi connectivity index (χ1v) is 6.07. The average Bonchev–Trinajstić information content (AvgIpc) is 2.25. The fraction of sp³-hybridized carbons (Fsp3) is 0. The highest BCUT2D eigenvalue weighted by Gasteiger charge is 2.09. The maximum atomic E-state index is 6.07. The van der Waals surface area contributed by atoms with Gasteiger partial charge in [0.1, 0.15) is 5.03 Å². The van der Waals surface area contributed by atoms with Gasteiger partial charge in [0, 0.05) is 11.9 Å². The minimum atomic E-state index is 0.542. The zero-order chi connectivity index (χ0) is 11.5. The van der Waals surface area contributed by atoms with E-state index in [9.17, 15) is 0 Å². The quantitative estimate of drug-likeness (QED) is 0.835. The van der Waals surface area contributed by atoms with Crippen molar-refractivity contribution in [2.75, 3.05) is 5.73 Å². The molecule has 1 heterocycles. The Morgan fingerprint density at radius 1 is 1.12 bits per heavy atom. The predicted molar refractivity (Wildman–Crippen MR) is 69.2 cm³/mol. The number of nitrogen functional groups attached to an aromatic ring is 1. The number of nitrogens with two attached hydrogens (primary N) is 1. The van der Waals surface area contributed by atoms with Gasteiger partial charge in [0.2, 0.25) is 0 Å². The summed E-state index contributed by atoms with van der Waals surface area (Å²) < 4.78 is 0. The first-order valence-electron chi connectivity index (χ1n) is 4.50. The van der Waals surface area contributed by atoms with Gasteiger partial charge in [0.25, 0.3) is 0 Å². The lowest BCUT2D eigenvalue weighted by Crippen LogP contribution is -1.87. The Morgan fingerprint density at radius 3 is 2.38 bits per heavy atom. The largest absolute Gasteiger partial charge is 0.399 e. The predicted octanol–water partition coefficient (Wildman–Crippen LogP) is 4.12. The Hall–Kier alpha value is -0.900. The maximum absolute atomic E-state index is 6.07. The van der Waals surface area contributed by atoms with Crippen molar-refractivity contribution in [2.45, 2.75) is 9.92 Å². The zero-order valence-corrected chi connectivity index (χ0v) is 10.5. The first-order chi connectivity index (χ1) is 7.66. The molecule has 0 fully saturated rings. The Balaban J connectivity index is 2.35. The molecule has 1 aromatic carbocycles. The van der Waals surface area contributed by atoms with Gasteiger partial charge >= 0.3 is 0 Å². The Kier molecular flexibility index (Phi) is 3.59. The van der Waals surface area contributed by atoms with Crippen LogP contribution in [0.5, 0.6) is 0 Å². The van der Waals surface area contributed by atoms with E-state index in [4.69, 9.17) is 28.9 Å². The third kappa shape index (κ3) is 2.61. The fourth-order valence-electron chi connectivity index (χ4n) is 1.19. The molecular formula is C11H8Cl2N2S. The molecule has 0 unspecified atom stereocenters. The van der Waals surface area contributed by atoms with Crippen molar-refractivity contribution in [2.24, 2.45) is 0 Å². The number of nitrogens with zero attached hydrogens (tertiary/aromatic N) is 1. The van der Waals surface area contributed by atoms with Crippen LogP contribution in [0, 0.1) is 0 Å². The normalized spacial score (nSPS) is 10.4. The molecule has 0 aliphatic carbocycles. The van der Waals surface area contributed by atoms with Gasteiger partial charge in [-0.2, -0.15) is 0 Å². The summed E-state index contributed by atoms with van der Waals surface area (Å²) in [5.74, 6) is 0. The lowest BCUT2D eigenvalue weighted by Gasteiger charge is -2.06. The molecule has 0 bridgehead atoms. The molecule has 2 rings (SSSR count).